The highest BCUT2D eigenvalue weighted by Crippen LogP contribution is 2.17. The molecule has 1 saturated heterocycles. The van der Waals surface area contributed by atoms with E-state index in [0.29, 0.717) is 0 Å². The highest BCUT2D eigenvalue weighted by atomic mass is 32.2. The number of hydrogen-bond acceptors (Lipinski definition) is 3. The largest absolute Gasteiger partial charge is 0.392 e. The van der Waals surface area contributed by atoms with Crippen LogP contribution in [0, 0.1) is 0 Å². The smallest absolute Gasteiger partial charge is 0.0679 e. The van der Waals surface area contributed by atoms with Gasteiger partial charge in [0.25, 0.3) is 0 Å². The van der Waals surface area contributed by atoms with Crippen molar-refractivity contribution >= 4 is 11.8 Å². The molecular formula is C12H17NOS. The topological polar surface area (TPSA) is 23.5 Å². The maximum absolute atomic E-state index is 9.41. The summed E-state index contributed by atoms with van der Waals surface area (Å²) in [7, 11) is 0. The van der Waals surface area contributed by atoms with E-state index in [2.05, 4.69) is 35.4 Å². The molecule has 0 aromatic heterocycles. The monoisotopic (exact) mass is 223 g/mol. The Kier molecular flexibility index (Phi) is 3.67. The lowest BCUT2D eigenvalue weighted by Crippen LogP contribution is -2.21. The van der Waals surface area contributed by atoms with Crippen LogP contribution < -0.4 is 0 Å². The van der Waals surface area contributed by atoms with Crippen molar-refractivity contribution in [3.63, 3.8) is 0 Å². The van der Waals surface area contributed by atoms with E-state index in [1.165, 1.54) is 10.5 Å². The van der Waals surface area contributed by atoms with Gasteiger partial charge < -0.3 is 5.11 Å². The molecule has 1 aliphatic rings. The zero-order valence-electron chi connectivity index (χ0n) is 9.02. The van der Waals surface area contributed by atoms with Gasteiger partial charge in [-0.25, -0.2) is 0 Å². The van der Waals surface area contributed by atoms with Crippen LogP contribution in [0.2, 0.25) is 0 Å². The molecule has 0 amide bonds. The van der Waals surface area contributed by atoms with Gasteiger partial charge in [-0.2, -0.15) is 0 Å². The normalized spacial score (nSPS) is 22.1. The number of thioether (sulfide) groups is 1. The van der Waals surface area contributed by atoms with Crippen molar-refractivity contribution in [2.75, 3.05) is 19.3 Å². The van der Waals surface area contributed by atoms with E-state index in [1.807, 2.05) is 0 Å². The van der Waals surface area contributed by atoms with E-state index in [0.717, 1.165) is 26.1 Å². The Bertz CT molecular complexity index is 312. The number of likely N-dealkylation sites (tertiary alicyclic amines) is 1. The summed E-state index contributed by atoms with van der Waals surface area (Å²) in [5.41, 5.74) is 1.34. The SMILES string of the molecule is CSc1ccc(CN2CCC(O)C2)cc1. The first kappa shape index (κ1) is 11.0. The number of benzene rings is 1. The second-order valence-electron chi connectivity index (χ2n) is 4.03. The third-order valence-electron chi connectivity index (χ3n) is 2.81. The molecule has 0 saturated carbocycles. The number of β-amino-alcohol motifs (C(OH)–C–C–N with tert-alkyl or cyclic N) is 1. The maximum Gasteiger partial charge on any atom is 0.0679 e. The van der Waals surface area contributed by atoms with Crippen LogP contribution in [0.1, 0.15) is 12.0 Å². The second kappa shape index (κ2) is 5.01. The lowest BCUT2D eigenvalue weighted by molar-refractivity contribution is 0.175. The maximum atomic E-state index is 9.41. The molecule has 1 N–H and O–H groups in total. The Labute approximate surface area is 95.3 Å². The standard InChI is InChI=1S/C12H17NOS/c1-15-12-4-2-10(3-5-12)8-13-7-6-11(14)9-13/h2-5,11,14H,6-9H2,1H3. The van der Waals surface area contributed by atoms with E-state index >= 15 is 0 Å². The highest BCUT2D eigenvalue weighted by molar-refractivity contribution is 7.98. The van der Waals surface area contributed by atoms with Gasteiger partial charge in [0.2, 0.25) is 0 Å². The summed E-state index contributed by atoms with van der Waals surface area (Å²) in [4.78, 5) is 3.61. The molecule has 1 atom stereocenters. The molecular weight excluding hydrogens is 206 g/mol. The first-order valence-electron chi connectivity index (χ1n) is 5.31. The van der Waals surface area contributed by atoms with Crippen LogP contribution in [0.3, 0.4) is 0 Å². The van der Waals surface area contributed by atoms with Crippen molar-refractivity contribution < 1.29 is 5.11 Å². The Hall–Kier alpha value is -0.510. The zero-order chi connectivity index (χ0) is 10.7. The third kappa shape index (κ3) is 2.97. The van der Waals surface area contributed by atoms with Gasteiger partial charge in [-0.3, -0.25) is 4.90 Å². The number of rotatable bonds is 3. The predicted octanol–water partition coefficient (Wildman–Crippen LogP) is 1.98. The first-order valence-corrected chi connectivity index (χ1v) is 6.54. The summed E-state index contributed by atoms with van der Waals surface area (Å²) in [5, 5.41) is 9.41. The Morgan fingerprint density at radius 3 is 2.67 bits per heavy atom. The molecule has 1 heterocycles. The molecule has 0 spiro atoms. The second-order valence-corrected chi connectivity index (χ2v) is 4.91. The third-order valence-corrected chi connectivity index (χ3v) is 3.56. The summed E-state index contributed by atoms with van der Waals surface area (Å²) in [6.07, 6.45) is 2.89. The van der Waals surface area contributed by atoms with Gasteiger partial charge in [0.1, 0.15) is 0 Å². The van der Waals surface area contributed by atoms with Crippen LogP contribution >= 0.6 is 11.8 Å². The van der Waals surface area contributed by atoms with E-state index in [4.69, 9.17) is 0 Å². The predicted molar refractivity (Wildman–Crippen MR) is 64.1 cm³/mol. The summed E-state index contributed by atoms with van der Waals surface area (Å²) >= 11 is 1.77. The van der Waals surface area contributed by atoms with Gasteiger partial charge in [0.05, 0.1) is 6.10 Å². The van der Waals surface area contributed by atoms with Crippen molar-refractivity contribution in [1.29, 1.82) is 0 Å². The average Bonchev–Trinajstić information content (AvgIpc) is 2.65. The molecule has 1 aliphatic heterocycles. The van der Waals surface area contributed by atoms with Crippen molar-refractivity contribution in [2.45, 2.75) is 24.0 Å². The van der Waals surface area contributed by atoms with E-state index < -0.39 is 0 Å². The summed E-state index contributed by atoms with van der Waals surface area (Å²) in [6, 6.07) is 8.67. The lowest BCUT2D eigenvalue weighted by Gasteiger charge is -2.14. The zero-order valence-corrected chi connectivity index (χ0v) is 9.83. The molecule has 0 bridgehead atoms. The fraction of sp³-hybridized carbons (Fsp3) is 0.500. The minimum Gasteiger partial charge on any atom is -0.392 e. The van der Waals surface area contributed by atoms with Gasteiger partial charge >= 0.3 is 0 Å². The summed E-state index contributed by atoms with van der Waals surface area (Å²) in [5.74, 6) is 0. The fourth-order valence-corrected chi connectivity index (χ4v) is 2.35. The Morgan fingerprint density at radius 1 is 1.40 bits per heavy atom. The van der Waals surface area contributed by atoms with Gasteiger partial charge in [-0.1, -0.05) is 12.1 Å². The fourth-order valence-electron chi connectivity index (χ4n) is 1.94. The molecule has 2 nitrogen and oxygen atoms in total. The summed E-state index contributed by atoms with van der Waals surface area (Å²) < 4.78 is 0. The minimum absolute atomic E-state index is 0.115. The molecule has 82 valence electrons. The minimum atomic E-state index is -0.115. The van der Waals surface area contributed by atoms with Gasteiger partial charge in [0, 0.05) is 24.5 Å². The van der Waals surface area contributed by atoms with Crippen LogP contribution in [0.4, 0.5) is 0 Å². The van der Waals surface area contributed by atoms with Crippen molar-refractivity contribution in [1.82, 2.24) is 4.90 Å². The molecule has 1 aromatic rings. The number of aliphatic hydroxyl groups is 1. The van der Waals surface area contributed by atoms with Crippen LogP contribution in [0.5, 0.6) is 0 Å². The number of hydrogen-bond donors (Lipinski definition) is 1. The Balaban J connectivity index is 1.93. The van der Waals surface area contributed by atoms with Gasteiger partial charge in [0.15, 0.2) is 0 Å². The van der Waals surface area contributed by atoms with Crippen LogP contribution in [-0.4, -0.2) is 35.5 Å². The van der Waals surface area contributed by atoms with E-state index in [-0.39, 0.29) is 6.10 Å². The number of aliphatic hydroxyl groups excluding tert-OH is 1. The van der Waals surface area contributed by atoms with Crippen LogP contribution in [0.25, 0.3) is 0 Å². The molecule has 15 heavy (non-hydrogen) atoms. The quantitative estimate of drug-likeness (QED) is 0.793. The van der Waals surface area contributed by atoms with Crippen molar-refractivity contribution in [3.05, 3.63) is 29.8 Å². The molecule has 0 radical (unpaired) electrons. The molecule has 2 rings (SSSR count). The van der Waals surface area contributed by atoms with E-state index in [9.17, 15) is 5.11 Å². The highest BCUT2D eigenvalue weighted by Gasteiger charge is 2.19. The molecule has 1 unspecified atom stereocenters. The van der Waals surface area contributed by atoms with Gasteiger partial charge in [-0.15, -0.1) is 11.8 Å². The van der Waals surface area contributed by atoms with E-state index in [1.54, 1.807) is 11.8 Å². The lowest BCUT2D eigenvalue weighted by atomic mass is 10.2. The average molecular weight is 223 g/mol. The van der Waals surface area contributed by atoms with Crippen LogP contribution in [0.15, 0.2) is 29.2 Å². The van der Waals surface area contributed by atoms with Crippen molar-refractivity contribution in [3.8, 4) is 0 Å². The molecule has 0 aliphatic carbocycles. The summed E-state index contributed by atoms with van der Waals surface area (Å²) in [6.45, 7) is 2.81. The molecule has 1 fully saturated rings. The van der Waals surface area contributed by atoms with Crippen LogP contribution in [-0.2, 0) is 6.54 Å². The molecule has 1 aromatic carbocycles. The van der Waals surface area contributed by atoms with Gasteiger partial charge in [-0.05, 0) is 30.4 Å². The first-order chi connectivity index (χ1) is 7.28. The Morgan fingerprint density at radius 2 is 2.13 bits per heavy atom. The molecule has 3 heteroatoms. The van der Waals surface area contributed by atoms with Crippen molar-refractivity contribution in [2.24, 2.45) is 0 Å². The number of nitrogens with zero attached hydrogens (tertiary/aromatic N) is 1.